The third-order valence-electron chi connectivity index (χ3n) is 2.39. The van der Waals surface area contributed by atoms with Crippen molar-refractivity contribution in [2.24, 2.45) is 0 Å². The number of carbonyl (C=O) groups excluding carboxylic acids is 1. The van der Waals surface area contributed by atoms with Gasteiger partial charge in [-0.05, 0) is 12.8 Å². The quantitative estimate of drug-likeness (QED) is 0.653. The molecular weight excluding hydrogens is 210 g/mol. The van der Waals surface area contributed by atoms with Crippen LogP contribution in [0.4, 0.5) is 0 Å². The first kappa shape index (κ1) is 12.5. The summed E-state index contributed by atoms with van der Waals surface area (Å²) >= 11 is 0. The number of amides is 1. The Bertz CT molecular complexity index is 302. The van der Waals surface area contributed by atoms with Gasteiger partial charge in [-0.15, -0.1) is 12.3 Å². The zero-order valence-corrected chi connectivity index (χ0v) is 8.94. The van der Waals surface area contributed by atoms with Crippen molar-refractivity contribution < 1.29 is 19.4 Å². The maximum atomic E-state index is 11.5. The fraction of sp³-hybridized carbons (Fsp3) is 0.636. The van der Waals surface area contributed by atoms with E-state index in [4.69, 9.17) is 16.3 Å². The van der Waals surface area contributed by atoms with Gasteiger partial charge in [-0.25, -0.2) is 4.79 Å². The molecule has 88 valence electrons. The lowest BCUT2D eigenvalue weighted by atomic mass is 10.1. The molecule has 0 aliphatic carbocycles. The highest BCUT2D eigenvalue weighted by Gasteiger charge is 2.23. The van der Waals surface area contributed by atoms with Crippen molar-refractivity contribution in [3.8, 4) is 12.3 Å². The summed E-state index contributed by atoms with van der Waals surface area (Å²) in [5, 5.41) is 11.2. The summed E-state index contributed by atoms with van der Waals surface area (Å²) in [5.41, 5.74) is 0. The molecule has 0 aromatic heterocycles. The number of terminal acetylenes is 1. The monoisotopic (exact) mass is 225 g/mol. The van der Waals surface area contributed by atoms with Gasteiger partial charge in [-0.1, -0.05) is 0 Å². The molecule has 0 bridgehead atoms. The number of hydrogen-bond acceptors (Lipinski definition) is 3. The van der Waals surface area contributed by atoms with Crippen molar-refractivity contribution in [3.05, 3.63) is 0 Å². The van der Waals surface area contributed by atoms with Crippen molar-refractivity contribution in [1.29, 1.82) is 0 Å². The maximum Gasteiger partial charge on any atom is 0.327 e. The second-order valence-electron chi connectivity index (χ2n) is 3.71. The average Bonchev–Trinajstić information content (AvgIpc) is 2.69. The summed E-state index contributed by atoms with van der Waals surface area (Å²) in [6.07, 6.45) is 6.93. The molecule has 1 aliphatic heterocycles. The van der Waals surface area contributed by atoms with Crippen LogP contribution in [0.5, 0.6) is 0 Å². The number of aliphatic carboxylic acids is 1. The molecule has 2 atom stereocenters. The third kappa shape index (κ3) is 3.91. The van der Waals surface area contributed by atoms with Crippen LogP contribution in [0.2, 0.25) is 0 Å². The Kier molecular flexibility index (Phi) is 4.80. The Morgan fingerprint density at radius 2 is 2.38 bits per heavy atom. The fourth-order valence-corrected chi connectivity index (χ4v) is 1.58. The molecule has 1 saturated heterocycles. The summed E-state index contributed by atoms with van der Waals surface area (Å²) in [4.78, 5) is 22.2. The molecule has 5 nitrogen and oxygen atoms in total. The number of ether oxygens (including phenoxy) is 1. The lowest BCUT2D eigenvalue weighted by Crippen LogP contribution is -2.41. The van der Waals surface area contributed by atoms with Crippen LogP contribution in [0, 0.1) is 12.3 Å². The van der Waals surface area contributed by atoms with E-state index in [1.807, 2.05) is 0 Å². The molecule has 0 aromatic rings. The molecule has 2 N–H and O–H groups in total. The van der Waals surface area contributed by atoms with E-state index >= 15 is 0 Å². The minimum atomic E-state index is -1.11. The number of hydrogen-bond donors (Lipinski definition) is 2. The number of rotatable bonds is 5. The summed E-state index contributed by atoms with van der Waals surface area (Å²) in [5.74, 6) is 0.784. The van der Waals surface area contributed by atoms with E-state index in [1.54, 1.807) is 0 Å². The Labute approximate surface area is 94.2 Å². The van der Waals surface area contributed by atoms with E-state index < -0.39 is 12.0 Å². The first-order valence-corrected chi connectivity index (χ1v) is 5.20. The summed E-state index contributed by atoms with van der Waals surface area (Å²) < 4.78 is 5.28. The SMILES string of the molecule is C#CCC(NC(=O)CC1CCCO1)C(=O)O. The molecule has 2 unspecified atom stereocenters. The smallest absolute Gasteiger partial charge is 0.327 e. The number of carboxylic acid groups (broad SMARTS) is 1. The van der Waals surface area contributed by atoms with E-state index in [0.29, 0.717) is 6.61 Å². The Hall–Kier alpha value is -1.54. The summed E-state index contributed by atoms with van der Waals surface area (Å²) in [6, 6.07) is -1.00. The molecule has 0 aromatic carbocycles. The fourth-order valence-electron chi connectivity index (χ4n) is 1.58. The van der Waals surface area contributed by atoms with Gasteiger partial charge in [0.1, 0.15) is 6.04 Å². The van der Waals surface area contributed by atoms with Crippen LogP contribution in [0.25, 0.3) is 0 Å². The van der Waals surface area contributed by atoms with E-state index in [9.17, 15) is 9.59 Å². The Morgan fingerprint density at radius 1 is 1.62 bits per heavy atom. The van der Waals surface area contributed by atoms with E-state index in [1.165, 1.54) is 0 Å². The lowest BCUT2D eigenvalue weighted by molar-refractivity contribution is -0.142. The van der Waals surface area contributed by atoms with E-state index in [0.717, 1.165) is 12.8 Å². The third-order valence-corrected chi connectivity index (χ3v) is 2.39. The topological polar surface area (TPSA) is 75.6 Å². The van der Waals surface area contributed by atoms with Gasteiger partial charge in [-0.3, -0.25) is 4.79 Å². The minimum absolute atomic E-state index is 0.00734. The van der Waals surface area contributed by atoms with Crippen LogP contribution >= 0.6 is 0 Å². The van der Waals surface area contributed by atoms with Gasteiger partial charge in [-0.2, -0.15) is 0 Å². The maximum absolute atomic E-state index is 11.5. The highest BCUT2D eigenvalue weighted by atomic mass is 16.5. The van der Waals surface area contributed by atoms with Crippen molar-refractivity contribution in [1.82, 2.24) is 5.32 Å². The van der Waals surface area contributed by atoms with Crippen LogP contribution in [0.15, 0.2) is 0 Å². The zero-order valence-electron chi connectivity index (χ0n) is 8.94. The van der Waals surface area contributed by atoms with Gasteiger partial charge in [0.25, 0.3) is 0 Å². The molecule has 16 heavy (non-hydrogen) atoms. The van der Waals surface area contributed by atoms with E-state index in [-0.39, 0.29) is 24.9 Å². The highest BCUT2D eigenvalue weighted by molar-refractivity contribution is 5.83. The molecule has 0 radical (unpaired) electrons. The van der Waals surface area contributed by atoms with Crippen LogP contribution in [0.3, 0.4) is 0 Å². The van der Waals surface area contributed by atoms with Crippen molar-refractivity contribution in [2.45, 2.75) is 37.8 Å². The number of nitrogens with one attached hydrogen (secondary N) is 1. The lowest BCUT2D eigenvalue weighted by Gasteiger charge is -2.13. The predicted molar refractivity (Wildman–Crippen MR) is 56.6 cm³/mol. The Balaban J connectivity index is 2.36. The molecule has 0 saturated carbocycles. The average molecular weight is 225 g/mol. The number of carbonyl (C=O) groups is 2. The first-order valence-electron chi connectivity index (χ1n) is 5.20. The van der Waals surface area contributed by atoms with Crippen molar-refractivity contribution in [3.63, 3.8) is 0 Å². The predicted octanol–water partition coefficient (Wildman–Crippen LogP) is 0.148. The molecule has 1 aliphatic rings. The van der Waals surface area contributed by atoms with Gasteiger partial charge in [0, 0.05) is 13.0 Å². The zero-order chi connectivity index (χ0) is 12.0. The largest absolute Gasteiger partial charge is 0.480 e. The van der Waals surface area contributed by atoms with Crippen molar-refractivity contribution in [2.75, 3.05) is 6.61 Å². The van der Waals surface area contributed by atoms with Gasteiger partial charge >= 0.3 is 5.97 Å². The molecule has 1 fully saturated rings. The Morgan fingerprint density at radius 3 is 2.88 bits per heavy atom. The highest BCUT2D eigenvalue weighted by Crippen LogP contribution is 2.15. The molecule has 1 amide bonds. The van der Waals surface area contributed by atoms with Gasteiger partial charge in [0.2, 0.25) is 5.91 Å². The van der Waals surface area contributed by atoms with Crippen LogP contribution in [0.1, 0.15) is 25.7 Å². The summed E-state index contributed by atoms with van der Waals surface area (Å²) in [7, 11) is 0. The van der Waals surface area contributed by atoms with Crippen molar-refractivity contribution >= 4 is 11.9 Å². The second-order valence-corrected chi connectivity index (χ2v) is 3.71. The molecule has 1 heterocycles. The number of carboxylic acids is 1. The normalized spacial score (nSPS) is 21.1. The molecule has 5 heteroatoms. The standard InChI is InChI=1S/C11H15NO4/c1-2-4-9(11(14)15)12-10(13)7-8-5-3-6-16-8/h1,8-9H,3-7H2,(H,12,13)(H,14,15). The van der Waals surface area contributed by atoms with Gasteiger partial charge in [0.15, 0.2) is 0 Å². The molecular formula is C11H15NO4. The summed E-state index contributed by atoms with van der Waals surface area (Å²) in [6.45, 7) is 0.671. The van der Waals surface area contributed by atoms with Gasteiger partial charge in [0.05, 0.1) is 12.5 Å². The molecule has 0 spiro atoms. The minimum Gasteiger partial charge on any atom is -0.480 e. The van der Waals surface area contributed by atoms with Crippen LogP contribution < -0.4 is 5.32 Å². The molecule has 1 rings (SSSR count). The second kappa shape index (κ2) is 6.13. The van der Waals surface area contributed by atoms with Crippen LogP contribution in [-0.4, -0.2) is 35.7 Å². The van der Waals surface area contributed by atoms with Crippen LogP contribution in [-0.2, 0) is 14.3 Å². The first-order chi connectivity index (χ1) is 7.63. The van der Waals surface area contributed by atoms with Gasteiger partial charge < -0.3 is 15.2 Å². The van der Waals surface area contributed by atoms with E-state index in [2.05, 4.69) is 11.2 Å².